The summed E-state index contributed by atoms with van der Waals surface area (Å²) in [6.45, 7) is 3.07. The Hall–Kier alpha value is -0.610. The Morgan fingerprint density at radius 3 is 2.92 bits per heavy atom. The molecule has 0 aromatic heterocycles. The van der Waals surface area contributed by atoms with E-state index in [0.29, 0.717) is 6.54 Å². The lowest BCUT2D eigenvalue weighted by Gasteiger charge is -2.23. The molecule has 74 valence electrons. The van der Waals surface area contributed by atoms with Crippen LogP contribution in [0.2, 0.25) is 0 Å². The number of carboxylic acids is 1. The van der Waals surface area contributed by atoms with E-state index < -0.39 is 17.5 Å². The quantitative estimate of drug-likeness (QED) is 0.599. The number of nitrogens with zero attached hydrogens (tertiary/aromatic N) is 1. The van der Waals surface area contributed by atoms with E-state index in [1.54, 1.807) is 6.92 Å². The maximum atomic E-state index is 11.0. The van der Waals surface area contributed by atoms with E-state index in [0.717, 1.165) is 19.4 Å². The molecule has 0 bridgehead atoms. The minimum Gasteiger partial charge on any atom is -0.481 e. The zero-order valence-electron chi connectivity index (χ0n) is 7.73. The van der Waals surface area contributed by atoms with Crippen molar-refractivity contribution in [1.82, 2.24) is 4.90 Å². The molecule has 2 N–H and O–H groups in total. The molecule has 2 heterocycles. The molecule has 0 aromatic carbocycles. The van der Waals surface area contributed by atoms with Gasteiger partial charge in [0.25, 0.3) is 0 Å². The van der Waals surface area contributed by atoms with Gasteiger partial charge in [-0.1, -0.05) is 0 Å². The maximum absolute atomic E-state index is 11.0. The summed E-state index contributed by atoms with van der Waals surface area (Å²) >= 11 is 0. The van der Waals surface area contributed by atoms with Crippen molar-refractivity contribution < 1.29 is 15.0 Å². The van der Waals surface area contributed by atoms with Crippen LogP contribution in [0.15, 0.2) is 0 Å². The van der Waals surface area contributed by atoms with Crippen molar-refractivity contribution in [2.75, 3.05) is 13.1 Å². The largest absolute Gasteiger partial charge is 0.481 e. The van der Waals surface area contributed by atoms with Gasteiger partial charge in [0.15, 0.2) is 0 Å². The number of aliphatic carboxylic acids is 1. The smallest absolute Gasteiger partial charge is 0.311 e. The molecule has 0 spiro atoms. The fourth-order valence-corrected chi connectivity index (χ4v) is 2.78. The summed E-state index contributed by atoms with van der Waals surface area (Å²) in [7, 11) is 0. The highest BCUT2D eigenvalue weighted by atomic mass is 16.4. The van der Waals surface area contributed by atoms with Gasteiger partial charge in [-0.05, 0) is 26.3 Å². The highest BCUT2D eigenvalue weighted by Gasteiger charge is 2.53. The van der Waals surface area contributed by atoms with E-state index in [4.69, 9.17) is 5.11 Å². The first-order valence-electron chi connectivity index (χ1n) is 4.71. The molecular formula is C9H15NO3. The Morgan fingerprint density at radius 2 is 2.31 bits per heavy atom. The van der Waals surface area contributed by atoms with Crippen molar-refractivity contribution >= 4 is 5.97 Å². The fourth-order valence-electron chi connectivity index (χ4n) is 2.78. The lowest BCUT2D eigenvalue weighted by atomic mass is 9.87. The molecule has 2 aliphatic heterocycles. The average Bonchev–Trinajstić information content (AvgIpc) is 2.41. The molecule has 0 amide bonds. The molecule has 3 atom stereocenters. The Morgan fingerprint density at radius 1 is 1.62 bits per heavy atom. The van der Waals surface area contributed by atoms with Crippen LogP contribution in [-0.2, 0) is 4.79 Å². The second-order valence-corrected chi connectivity index (χ2v) is 4.35. The first kappa shape index (κ1) is 8.97. The van der Waals surface area contributed by atoms with Gasteiger partial charge >= 0.3 is 5.97 Å². The first-order chi connectivity index (χ1) is 6.02. The fraction of sp³-hybridized carbons (Fsp3) is 0.889. The van der Waals surface area contributed by atoms with Crippen LogP contribution in [0.1, 0.15) is 19.8 Å². The SMILES string of the molecule is CC1(O)CN2CCCC2C1C(=O)O. The van der Waals surface area contributed by atoms with Crippen LogP contribution >= 0.6 is 0 Å². The number of carboxylic acid groups (broad SMARTS) is 1. The molecule has 4 heteroatoms. The number of hydrogen-bond acceptors (Lipinski definition) is 3. The van der Waals surface area contributed by atoms with E-state index in [2.05, 4.69) is 4.90 Å². The zero-order valence-corrected chi connectivity index (χ0v) is 7.73. The Bertz CT molecular complexity index is 239. The topological polar surface area (TPSA) is 60.8 Å². The molecule has 13 heavy (non-hydrogen) atoms. The summed E-state index contributed by atoms with van der Waals surface area (Å²) in [6.07, 6.45) is 1.97. The average molecular weight is 185 g/mol. The Balaban J connectivity index is 2.25. The first-order valence-corrected chi connectivity index (χ1v) is 4.71. The molecule has 4 nitrogen and oxygen atoms in total. The van der Waals surface area contributed by atoms with Gasteiger partial charge in [-0.15, -0.1) is 0 Å². The van der Waals surface area contributed by atoms with Crippen LogP contribution in [0.4, 0.5) is 0 Å². The van der Waals surface area contributed by atoms with Crippen LogP contribution in [0.25, 0.3) is 0 Å². The summed E-state index contributed by atoms with van der Waals surface area (Å²) < 4.78 is 0. The molecular weight excluding hydrogens is 170 g/mol. The Labute approximate surface area is 77.2 Å². The molecule has 2 fully saturated rings. The normalized spacial score (nSPS) is 45.1. The van der Waals surface area contributed by atoms with Crippen molar-refractivity contribution in [1.29, 1.82) is 0 Å². The number of fused-ring (bicyclic) bond motifs is 1. The third kappa shape index (κ3) is 1.25. The van der Waals surface area contributed by atoms with Crippen LogP contribution in [0, 0.1) is 5.92 Å². The highest BCUT2D eigenvalue weighted by molar-refractivity contribution is 5.73. The van der Waals surface area contributed by atoms with Gasteiger partial charge in [0.1, 0.15) is 5.92 Å². The van der Waals surface area contributed by atoms with Gasteiger partial charge in [0.05, 0.1) is 5.60 Å². The molecule has 2 rings (SSSR count). The van der Waals surface area contributed by atoms with Gasteiger partial charge in [0.2, 0.25) is 0 Å². The van der Waals surface area contributed by atoms with Crippen LogP contribution in [-0.4, -0.2) is 45.8 Å². The Kier molecular flexibility index (Phi) is 1.85. The van der Waals surface area contributed by atoms with Crippen molar-refractivity contribution in [2.24, 2.45) is 5.92 Å². The summed E-state index contributed by atoms with van der Waals surface area (Å²) in [5, 5.41) is 18.9. The van der Waals surface area contributed by atoms with Crippen LogP contribution in [0.3, 0.4) is 0 Å². The van der Waals surface area contributed by atoms with Gasteiger partial charge in [-0.2, -0.15) is 0 Å². The lowest BCUT2D eigenvalue weighted by Crippen LogP contribution is -2.41. The number of carbonyl (C=O) groups is 1. The lowest BCUT2D eigenvalue weighted by molar-refractivity contribution is -0.148. The number of hydrogen-bond donors (Lipinski definition) is 2. The molecule has 0 aromatic rings. The minimum atomic E-state index is -1.04. The van der Waals surface area contributed by atoms with E-state index >= 15 is 0 Å². The summed E-state index contributed by atoms with van der Waals surface area (Å²) in [5.41, 5.74) is -1.04. The van der Waals surface area contributed by atoms with Gasteiger partial charge in [-0.25, -0.2) is 0 Å². The third-order valence-electron chi connectivity index (χ3n) is 3.26. The highest BCUT2D eigenvalue weighted by Crippen LogP contribution is 2.39. The molecule has 2 saturated heterocycles. The van der Waals surface area contributed by atoms with Gasteiger partial charge < -0.3 is 10.2 Å². The van der Waals surface area contributed by atoms with Crippen molar-refractivity contribution in [3.05, 3.63) is 0 Å². The van der Waals surface area contributed by atoms with Crippen LogP contribution < -0.4 is 0 Å². The number of aliphatic hydroxyl groups is 1. The molecule has 0 radical (unpaired) electrons. The summed E-state index contributed by atoms with van der Waals surface area (Å²) in [4.78, 5) is 13.1. The predicted molar refractivity (Wildman–Crippen MR) is 46.3 cm³/mol. The third-order valence-corrected chi connectivity index (χ3v) is 3.26. The van der Waals surface area contributed by atoms with Crippen molar-refractivity contribution in [3.8, 4) is 0 Å². The van der Waals surface area contributed by atoms with Crippen LogP contribution in [0.5, 0.6) is 0 Å². The summed E-state index contributed by atoms with van der Waals surface area (Å²) in [6, 6.07) is 0.0625. The van der Waals surface area contributed by atoms with Crippen molar-refractivity contribution in [3.63, 3.8) is 0 Å². The van der Waals surface area contributed by atoms with Gasteiger partial charge in [-0.3, -0.25) is 9.69 Å². The molecule has 0 aliphatic carbocycles. The van der Waals surface area contributed by atoms with E-state index in [1.165, 1.54) is 0 Å². The van der Waals surface area contributed by atoms with E-state index in [9.17, 15) is 9.90 Å². The van der Waals surface area contributed by atoms with Gasteiger partial charge in [0, 0.05) is 12.6 Å². The van der Waals surface area contributed by atoms with E-state index in [1.807, 2.05) is 0 Å². The van der Waals surface area contributed by atoms with Crippen molar-refractivity contribution in [2.45, 2.75) is 31.4 Å². The van der Waals surface area contributed by atoms with E-state index in [-0.39, 0.29) is 6.04 Å². The summed E-state index contributed by atoms with van der Waals surface area (Å²) in [5.74, 6) is -1.46. The second-order valence-electron chi connectivity index (χ2n) is 4.35. The maximum Gasteiger partial charge on any atom is 0.311 e. The molecule has 0 saturated carbocycles. The molecule has 2 aliphatic rings. The molecule has 3 unspecified atom stereocenters. The minimum absolute atomic E-state index is 0.0625. The second kappa shape index (κ2) is 2.69. The monoisotopic (exact) mass is 185 g/mol. The number of rotatable bonds is 1. The standard InChI is InChI=1S/C9H15NO3/c1-9(13)5-10-4-2-3-6(10)7(9)8(11)12/h6-7,13H,2-5H2,1H3,(H,11,12). The predicted octanol–water partition coefficient (Wildman–Crippen LogP) is -0.0838. The zero-order chi connectivity index (χ0) is 9.64.